The molecule has 2 heterocycles. The molecule has 0 aromatic carbocycles. The van der Waals surface area contributed by atoms with Gasteiger partial charge in [0, 0.05) is 13.1 Å². The number of hydrogen-bond donors (Lipinski definition) is 2. The van der Waals surface area contributed by atoms with E-state index < -0.39 is 0 Å². The highest BCUT2D eigenvalue weighted by Crippen LogP contribution is 2.20. The minimum atomic E-state index is 0.719. The third-order valence-electron chi connectivity index (χ3n) is 3.10. The van der Waals surface area contributed by atoms with Gasteiger partial charge in [0.05, 0.1) is 5.75 Å². The van der Waals surface area contributed by atoms with Crippen molar-refractivity contribution in [3.63, 3.8) is 0 Å². The highest BCUT2D eigenvalue weighted by molar-refractivity contribution is 7.97. The van der Waals surface area contributed by atoms with Gasteiger partial charge in [0.2, 0.25) is 5.95 Å². The first kappa shape index (κ1) is 12.7. The van der Waals surface area contributed by atoms with E-state index >= 15 is 0 Å². The van der Waals surface area contributed by atoms with E-state index in [0.717, 1.165) is 43.1 Å². The first-order chi connectivity index (χ1) is 8.33. The standard InChI is InChI=1S/C11H21N5S/c1-12-6-9-4-3-5-16(7-9)11-13-10(8-17-2)14-15-11/h9,12H,3-8H2,1-2H3,(H,13,14,15). The van der Waals surface area contributed by atoms with E-state index in [-0.39, 0.29) is 0 Å². The molecular weight excluding hydrogens is 234 g/mol. The van der Waals surface area contributed by atoms with Gasteiger partial charge in [-0.3, -0.25) is 5.10 Å². The maximum absolute atomic E-state index is 4.54. The average molecular weight is 255 g/mol. The number of hydrogen-bond acceptors (Lipinski definition) is 5. The monoisotopic (exact) mass is 255 g/mol. The van der Waals surface area contributed by atoms with Gasteiger partial charge in [0.1, 0.15) is 5.82 Å². The highest BCUT2D eigenvalue weighted by atomic mass is 32.2. The number of piperidine rings is 1. The van der Waals surface area contributed by atoms with E-state index in [0.29, 0.717) is 0 Å². The van der Waals surface area contributed by atoms with Crippen LogP contribution in [0.25, 0.3) is 0 Å². The Morgan fingerprint density at radius 3 is 3.24 bits per heavy atom. The predicted molar refractivity (Wildman–Crippen MR) is 72.5 cm³/mol. The zero-order chi connectivity index (χ0) is 12.1. The number of aromatic amines is 1. The van der Waals surface area contributed by atoms with E-state index in [1.165, 1.54) is 12.8 Å². The topological polar surface area (TPSA) is 56.8 Å². The van der Waals surface area contributed by atoms with Gasteiger partial charge in [-0.25, -0.2) is 0 Å². The number of H-pyrrole nitrogens is 1. The predicted octanol–water partition coefficient (Wildman–Crippen LogP) is 1.10. The van der Waals surface area contributed by atoms with Crippen LogP contribution in [0.15, 0.2) is 0 Å². The molecule has 17 heavy (non-hydrogen) atoms. The van der Waals surface area contributed by atoms with Gasteiger partial charge in [-0.2, -0.15) is 16.7 Å². The quantitative estimate of drug-likeness (QED) is 0.825. The fourth-order valence-corrected chi connectivity index (χ4v) is 2.73. The summed E-state index contributed by atoms with van der Waals surface area (Å²) in [5.74, 6) is 3.47. The molecule has 2 N–H and O–H groups in total. The molecule has 1 aliphatic rings. The van der Waals surface area contributed by atoms with Crippen molar-refractivity contribution in [1.29, 1.82) is 0 Å². The number of anilines is 1. The summed E-state index contributed by atoms with van der Waals surface area (Å²) in [6, 6.07) is 0. The van der Waals surface area contributed by atoms with Gasteiger partial charge < -0.3 is 10.2 Å². The van der Waals surface area contributed by atoms with Crippen LogP contribution in [0, 0.1) is 5.92 Å². The summed E-state index contributed by atoms with van der Waals surface area (Å²) in [5, 5.41) is 10.6. The summed E-state index contributed by atoms with van der Waals surface area (Å²) in [6.45, 7) is 3.23. The Balaban J connectivity index is 1.95. The molecule has 0 amide bonds. The summed E-state index contributed by atoms with van der Waals surface area (Å²) in [4.78, 5) is 6.83. The summed E-state index contributed by atoms with van der Waals surface area (Å²) in [5.41, 5.74) is 0. The fraction of sp³-hybridized carbons (Fsp3) is 0.818. The van der Waals surface area contributed by atoms with Crippen molar-refractivity contribution in [2.75, 3.05) is 37.8 Å². The second-order valence-electron chi connectivity index (χ2n) is 4.53. The van der Waals surface area contributed by atoms with Crippen LogP contribution >= 0.6 is 11.8 Å². The fourth-order valence-electron chi connectivity index (χ4n) is 2.33. The maximum atomic E-state index is 4.54. The molecule has 5 nitrogen and oxygen atoms in total. The van der Waals surface area contributed by atoms with Gasteiger partial charge in [-0.1, -0.05) is 0 Å². The maximum Gasteiger partial charge on any atom is 0.244 e. The molecule has 1 fully saturated rings. The highest BCUT2D eigenvalue weighted by Gasteiger charge is 2.21. The van der Waals surface area contributed by atoms with E-state index in [1.54, 1.807) is 11.8 Å². The molecule has 1 saturated heterocycles. The molecule has 1 aromatic rings. The number of thioether (sulfide) groups is 1. The minimum absolute atomic E-state index is 0.719. The van der Waals surface area contributed by atoms with Crippen LogP contribution in [0.5, 0.6) is 0 Å². The first-order valence-electron chi connectivity index (χ1n) is 6.13. The Bertz CT molecular complexity index is 338. The first-order valence-corrected chi connectivity index (χ1v) is 7.52. The Morgan fingerprint density at radius 2 is 2.47 bits per heavy atom. The lowest BCUT2D eigenvalue weighted by molar-refractivity contribution is 0.399. The summed E-state index contributed by atoms with van der Waals surface area (Å²) < 4.78 is 0. The summed E-state index contributed by atoms with van der Waals surface area (Å²) in [7, 11) is 2.02. The van der Waals surface area contributed by atoms with Crippen LogP contribution in [0.4, 0.5) is 5.95 Å². The van der Waals surface area contributed by atoms with Gasteiger partial charge in [-0.15, -0.1) is 5.10 Å². The molecule has 0 radical (unpaired) electrons. The normalized spacial score (nSPS) is 20.8. The number of rotatable bonds is 5. The molecular formula is C11H21N5S. The van der Waals surface area contributed by atoms with Crippen LogP contribution in [0.2, 0.25) is 0 Å². The molecule has 0 saturated carbocycles. The van der Waals surface area contributed by atoms with Crippen molar-refractivity contribution in [3.8, 4) is 0 Å². The van der Waals surface area contributed by atoms with Gasteiger partial charge in [-0.05, 0) is 38.6 Å². The molecule has 6 heteroatoms. The molecule has 1 atom stereocenters. The second kappa shape index (κ2) is 6.26. The molecule has 0 spiro atoms. The lowest BCUT2D eigenvalue weighted by Gasteiger charge is -2.31. The summed E-state index contributed by atoms with van der Waals surface area (Å²) >= 11 is 1.76. The smallest absolute Gasteiger partial charge is 0.244 e. The van der Waals surface area contributed by atoms with Crippen molar-refractivity contribution in [1.82, 2.24) is 20.5 Å². The number of nitrogens with one attached hydrogen (secondary N) is 2. The van der Waals surface area contributed by atoms with Crippen molar-refractivity contribution in [2.45, 2.75) is 18.6 Å². The van der Waals surface area contributed by atoms with Crippen molar-refractivity contribution in [3.05, 3.63) is 5.82 Å². The van der Waals surface area contributed by atoms with Gasteiger partial charge >= 0.3 is 0 Å². The van der Waals surface area contributed by atoms with Gasteiger partial charge in [0.15, 0.2) is 0 Å². The Kier molecular flexibility index (Phi) is 4.67. The number of aromatic nitrogens is 3. The van der Waals surface area contributed by atoms with Crippen LogP contribution in [-0.4, -0.2) is 48.1 Å². The lowest BCUT2D eigenvalue weighted by Crippen LogP contribution is -2.39. The van der Waals surface area contributed by atoms with E-state index in [4.69, 9.17) is 0 Å². The van der Waals surface area contributed by atoms with E-state index in [9.17, 15) is 0 Å². The second-order valence-corrected chi connectivity index (χ2v) is 5.39. The summed E-state index contributed by atoms with van der Waals surface area (Å²) in [6.07, 6.45) is 4.62. The molecule has 1 aliphatic heterocycles. The van der Waals surface area contributed by atoms with Crippen molar-refractivity contribution < 1.29 is 0 Å². The third-order valence-corrected chi connectivity index (χ3v) is 3.66. The molecule has 1 unspecified atom stereocenters. The number of nitrogens with zero attached hydrogens (tertiary/aromatic N) is 3. The van der Waals surface area contributed by atoms with Gasteiger partial charge in [0.25, 0.3) is 0 Å². The van der Waals surface area contributed by atoms with E-state index in [2.05, 4.69) is 31.7 Å². The van der Waals surface area contributed by atoms with Crippen molar-refractivity contribution in [2.24, 2.45) is 5.92 Å². The van der Waals surface area contributed by atoms with E-state index in [1.807, 2.05) is 7.05 Å². The zero-order valence-electron chi connectivity index (χ0n) is 10.6. The Morgan fingerprint density at radius 1 is 1.59 bits per heavy atom. The van der Waals surface area contributed by atoms with Crippen LogP contribution in [0.1, 0.15) is 18.7 Å². The molecule has 0 bridgehead atoms. The average Bonchev–Trinajstić information content (AvgIpc) is 2.79. The van der Waals surface area contributed by atoms with Crippen LogP contribution in [0.3, 0.4) is 0 Å². The molecule has 96 valence electrons. The zero-order valence-corrected chi connectivity index (χ0v) is 11.4. The minimum Gasteiger partial charge on any atom is -0.339 e. The SMILES string of the molecule is CNCC1CCCN(c2n[nH]c(CSC)n2)C1. The van der Waals surface area contributed by atoms with Crippen molar-refractivity contribution >= 4 is 17.7 Å². The Labute approximate surface area is 107 Å². The lowest BCUT2D eigenvalue weighted by atomic mass is 9.98. The third kappa shape index (κ3) is 3.35. The Hall–Kier alpha value is -0.750. The molecule has 0 aliphatic carbocycles. The largest absolute Gasteiger partial charge is 0.339 e. The molecule has 1 aromatic heterocycles. The molecule has 2 rings (SSSR count). The van der Waals surface area contributed by atoms with Crippen LogP contribution < -0.4 is 10.2 Å². The van der Waals surface area contributed by atoms with Crippen LogP contribution in [-0.2, 0) is 5.75 Å².